The normalized spacial score (nSPS) is 11.3. The van der Waals surface area contributed by atoms with Crippen molar-refractivity contribution in [3.05, 3.63) is 63.6 Å². The number of hydrogen-bond acceptors (Lipinski definition) is 6. The standard InChI is InChI=1S/C24H28Cl2N6O5/c1-14(33)16-4-2-5-19(10-16)31-21(34)12-22(35)32(20(23(36)37)6-3-7-29-24(27)28)30-13-15-8-17(25)11-18(26)9-15/h2,4-5,8-11,20,30H,3,6-7,12-13H2,1H3,(H,31,34)(H,36,37)(H4,27,28,29)/t20-/m0/s1. The van der Waals surface area contributed by atoms with E-state index in [-0.39, 0.29) is 37.7 Å². The van der Waals surface area contributed by atoms with Gasteiger partial charge in [0.05, 0.1) is 0 Å². The molecule has 2 amide bonds. The summed E-state index contributed by atoms with van der Waals surface area (Å²) in [5.74, 6) is -3.09. The fourth-order valence-electron chi connectivity index (χ4n) is 3.36. The number of aliphatic carboxylic acids is 1. The molecule has 2 aromatic rings. The molecule has 0 unspecified atom stereocenters. The van der Waals surface area contributed by atoms with Gasteiger partial charge in [0.1, 0.15) is 12.5 Å². The highest BCUT2D eigenvalue weighted by Gasteiger charge is 2.30. The van der Waals surface area contributed by atoms with Gasteiger partial charge in [0, 0.05) is 34.4 Å². The van der Waals surface area contributed by atoms with E-state index in [1.54, 1.807) is 30.3 Å². The first kappa shape index (κ1) is 29.6. The second-order valence-corrected chi connectivity index (χ2v) is 8.91. The summed E-state index contributed by atoms with van der Waals surface area (Å²) in [5, 5.41) is 14.0. The van der Waals surface area contributed by atoms with E-state index in [0.29, 0.717) is 26.9 Å². The molecule has 0 radical (unpaired) electrons. The number of Topliss-reactive ketones (excluding diaryl/α,β-unsaturated/α-hetero) is 1. The van der Waals surface area contributed by atoms with Crippen molar-refractivity contribution >= 4 is 58.4 Å². The van der Waals surface area contributed by atoms with Crippen LogP contribution in [0.2, 0.25) is 10.0 Å². The van der Waals surface area contributed by atoms with Gasteiger partial charge in [-0.25, -0.2) is 10.2 Å². The number of carbonyl (C=O) groups is 4. The van der Waals surface area contributed by atoms with Crippen LogP contribution in [0.5, 0.6) is 0 Å². The third kappa shape index (κ3) is 10.1. The molecule has 7 N–H and O–H groups in total. The predicted molar refractivity (Wildman–Crippen MR) is 141 cm³/mol. The minimum atomic E-state index is -1.33. The number of carboxylic acid groups (broad SMARTS) is 1. The molecule has 0 heterocycles. The fraction of sp³-hybridized carbons (Fsp3) is 0.292. The summed E-state index contributed by atoms with van der Waals surface area (Å²) in [4.78, 5) is 53.2. The number of nitrogens with zero attached hydrogens (tertiary/aromatic N) is 2. The first-order valence-electron chi connectivity index (χ1n) is 11.2. The number of carbonyl (C=O) groups excluding carboxylic acids is 3. The maximum Gasteiger partial charge on any atom is 0.328 e. The third-order valence-corrected chi connectivity index (χ3v) is 5.47. The second kappa shape index (κ2) is 14.2. The first-order chi connectivity index (χ1) is 17.5. The van der Waals surface area contributed by atoms with Crippen molar-refractivity contribution in [2.75, 3.05) is 11.9 Å². The molecule has 2 rings (SSSR count). The number of halogens is 2. The number of aliphatic imine (C=N–C) groups is 1. The van der Waals surface area contributed by atoms with Crippen molar-refractivity contribution in [1.29, 1.82) is 0 Å². The highest BCUT2D eigenvalue weighted by molar-refractivity contribution is 6.34. The average Bonchev–Trinajstić information content (AvgIpc) is 2.79. The number of nitrogens with two attached hydrogens (primary N) is 2. The SMILES string of the molecule is CC(=O)c1cccc(NC(=O)CC(=O)N(NCc2cc(Cl)cc(Cl)c2)[C@@H](CCCN=C(N)N)C(=O)O)c1. The summed E-state index contributed by atoms with van der Waals surface area (Å²) in [6, 6.07) is 9.64. The van der Waals surface area contributed by atoms with E-state index in [4.69, 9.17) is 34.7 Å². The number of carboxylic acids is 1. The van der Waals surface area contributed by atoms with Crippen LogP contribution in [0.1, 0.15) is 42.1 Å². The van der Waals surface area contributed by atoms with Gasteiger partial charge in [-0.05, 0) is 55.7 Å². The number of hydrogen-bond donors (Lipinski definition) is 5. The lowest BCUT2D eigenvalue weighted by Gasteiger charge is -2.29. The van der Waals surface area contributed by atoms with E-state index in [9.17, 15) is 24.3 Å². The molecule has 0 bridgehead atoms. The fourth-order valence-corrected chi connectivity index (χ4v) is 3.93. The molecule has 0 aliphatic carbocycles. The minimum absolute atomic E-state index is 0.00340. The Morgan fingerprint density at radius 2 is 1.76 bits per heavy atom. The summed E-state index contributed by atoms with van der Waals surface area (Å²) >= 11 is 12.1. The summed E-state index contributed by atoms with van der Waals surface area (Å²) in [6.45, 7) is 1.55. The van der Waals surface area contributed by atoms with Gasteiger partial charge in [0.2, 0.25) is 11.8 Å². The van der Waals surface area contributed by atoms with E-state index in [1.165, 1.54) is 19.1 Å². The summed E-state index contributed by atoms with van der Waals surface area (Å²) in [7, 11) is 0. The molecule has 13 heteroatoms. The van der Waals surface area contributed by atoms with E-state index >= 15 is 0 Å². The molecule has 0 saturated heterocycles. The average molecular weight is 551 g/mol. The lowest BCUT2D eigenvalue weighted by molar-refractivity contribution is -0.154. The van der Waals surface area contributed by atoms with Crippen LogP contribution in [0, 0.1) is 0 Å². The molecule has 0 fully saturated rings. The van der Waals surface area contributed by atoms with Gasteiger partial charge in [-0.3, -0.25) is 24.4 Å². The number of nitrogens with one attached hydrogen (secondary N) is 2. The van der Waals surface area contributed by atoms with Crippen molar-refractivity contribution < 1.29 is 24.3 Å². The monoisotopic (exact) mass is 550 g/mol. The van der Waals surface area contributed by atoms with Crippen LogP contribution in [-0.2, 0) is 20.9 Å². The Balaban J connectivity index is 2.20. The number of guanidine groups is 1. The lowest BCUT2D eigenvalue weighted by Crippen LogP contribution is -2.53. The number of ketones is 1. The van der Waals surface area contributed by atoms with Crippen LogP contribution in [0.3, 0.4) is 0 Å². The molecule has 0 spiro atoms. The molecule has 0 saturated carbocycles. The summed E-state index contributed by atoms with van der Waals surface area (Å²) in [6.07, 6.45) is -0.401. The molecule has 1 atom stereocenters. The van der Waals surface area contributed by atoms with Gasteiger partial charge in [-0.2, -0.15) is 0 Å². The molecule has 0 aromatic heterocycles. The van der Waals surface area contributed by atoms with Crippen molar-refractivity contribution in [2.24, 2.45) is 16.5 Å². The van der Waals surface area contributed by atoms with Gasteiger partial charge in [0.15, 0.2) is 11.7 Å². The van der Waals surface area contributed by atoms with Crippen LogP contribution in [0.25, 0.3) is 0 Å². The van der Waals surface area contributed by atoms with Crippen molar-refractivity contribution in [1.82, 2.24) is 10.4 Å². The van der Waals surface area contributed by atoms with Gasteiger partial charge in [0.25, 0.3) is 0 Å². The lowest BCUT2D eigenvalue weighted by atomic mass is 10.1. The van der Waals surface area contributed by atoms with Gasteiger partial charge >= 0.3 is 5.97 Å². The highest BCUT2D eigenvalue weighted by Crippen LogP contribution is 2.19. The quantitative estimate of drug-likeness (QED) is 0.0629. The topological polar surface area (TPSA) is 180 Å². The summed E-state index contributed by atoms with van der Waals surface area (Å²) < 4.78 is 0. The highest BCUT2D eigenvalue weighted by atomic mass is 35.5. The maximum absolute atomic E-state index is 13.1. The second-order valence-electron chi connectivity index (χ2n) is 8.04. The Kier molecular flexibility index (Phi) is 11.3. The Hall–Kier alpha value is -3.67. The number of amides is 2. The molecular weight excluding hydrogens is 523 g/mol. The maximum atomic E-state index is 13.1. The Morgan fingerprint density at radius 1 is 1.08 bits per heavy atom. The molecule has 0 aliphatic rings. The Morgan fingerprint density at radius 3 is 2.35 bits per heavy atom. The van der Waals surface area contributed by atoms with Gasteiger partial charge < -0.3 is 21.9 Å². The Bertz CT molecular complexity index is 1170. The van der Waals surface area contributed by atoms with Crippen molar-refractivity contribution in [3.8, 4) is 0 Å². The number of hydrazine groups is 1. The zero-order valence-corrected chi connectivity index (χ0v) is 21.6. The van der Waals surface area contributed by atoms with E-state index < -0.39 is 30.2 Å². The third-order valence-electron chi connectivity index (χ3n) is 5.04. The number of benzene rings is 2. The minimum Gasteiger partial charge on any atom is -0.480 e. The van der Waals surface area contributed by atoms with Crippen LogP contribution in [-0.4, -0.2) is 52.2 Å². The van der Waals surface area contributed by atoms with Gasteiger partial charge in [-0.1, -0.05) is 35.3 Å². The van der Waals surface area contributed by atoms with E-state index in [1.807, 2.05) is 0 Å². The van der Waals surface area contributed by atoms with Crippen LogP contribution in [0.15, 0.2) is 47.5 Å². The van der Waals surface area contributed by atoms with Crippen molar-refractivity contribution in [2.45, 2.75) is 38.8 Å². The van der Waals surface area contributed by atoms with Crippen LogP contribution >= 0.6 is 23.2 Å². The number of anilines is 1. The zero-order chi connectivity index (χ0) is 27.5. The largest absolute Gasteiger partial charge is 0.480 e. The molecule has 2 aromatic carbocycles. The Labute approximate surface area is 223 Å². The molecule has 11 nitrogen and oxygen atoms in total. The molecular formula is C24H28Cl2N6O5. The smallest absolute Gasteiger partial charge is 0.328 e. The zero-order valence-electron chi connectivity index (χ0n) is 20.0. The van der Waals surface area contributed by atoms with Crippen LogP contribution < -0.4 is 22.2 Å². The molecule has 0 aliphatic heterocycles. The van der Waals surface area contributed by atoms with Gasteiger partial charge in [-0.15, -0.1) is 0 Å². The number of rotatable bonds is 13. The molecule has 198 valence electrons. The predicted octanol–water partition coefficient (Wildman–Crippen LogP) is 2.56. The summed E-state index contributed by atoms with van der Waals surface area (Å²) in [5.41, 5.74) is 14.7. The van der Waals surface area contributed by atoms with E-state index in [2.05, 4.69) is 15.7 Å². The van der Waals surface area contributed by atoms with Crippen molar-refractivity contribution in [3.63, 3.8) is 0 Å². The van der Waals surface area contributed by atoms with Crippen LogP contribution in [0.4, 0.5) is 5.69 Å². The molecule has 37 heavy (non-hydrogen) atoms. The van der Waals surface area contributed by atoms with E-state index in [0.717, 1.165) is 5.01 Å². The first-order valence-corrected chi connectivity index (χ1v) is 11.9.